The van der Waals surface area contributed by atoms with Crippen LogP contribution in [0.3, 0.4) is 0 Å². The molecule has 0 fully saturated rings. The molecule has 1 aliphatic carbocycles. The van der Waals surface area contributed by atoms with E-state index in [1.165, 1.54) is 24.0 Å². The van der Waals surface area contributed by atoms with E-state index in [2.05, 4.69) is 11.1 Å². The fourth-order valence-electron chi connectivity index (χ4n) is 1.76. The Morgan fingerprint density at radius 2 is 2.17 bits per heavy atom. The van der Waals surface area contributed by atoms with E-state index >= 15 is 0 Å². The van der Waals surface area contributed by atoms with E-state index in [1.807, 2.05) is 6.07 Å². The van der Waals surface area contributed by atoms with Crippen molar-refractivity contribution in [2.45, 2.75) is 25.7 Å². The predicted molar refractivity (Wildman–Crippen MR) is 45.6 cm³/mol. The van der Waals surface area contributed by atoms with Crippen LogP contribution in [0.1, 0.15) is 29.7 Å². The minimum Gasteiger partial charge on any atom is -0.245 e. The minimum absolute atomic E-state index is 0.632. The molecule has 0 bridgehead atoms. The first-order valence-corrected chi connectivity index (χ1v) is 4.28. The second kappa shape index (κ2) is 2.94. The van der Waals surface area contributed by atoms with E-state index in [0.29, 0.717) is 5.69 Å². The lowest BCUT2D eigenvalue weighted by Crippen LogP contribution is -2.05. The number of pyridine rings is 1. The predicted octanol–water partition coefficient (Wildman–Crippen LogP) is 1.83. The molecule has 0 N–H and O–H groups in total. The number of nitriles is 1. The molecular weight excluding hydrogens is 148 g/mol. The molecule has 0 unspecified atom stereocenters. The van der Waals surface area contributed by atoms with Crippen LogP contribution in [0, 0.1) is 11.3 Å². The average molecular weight is 158 g/mol. The quantitative estimate of drug-likeness (QED) is 0.577. The highest BCUT2D eigenvalue weighted by Gasteiger charge is 2.12. The molecule has 60 valence electrons. The summed E-state index contributed by atoms with van der Waals surface area (Å²) in [6, 6.07) is 4.18. The highest BCUT2D eigenvalue weighted by molar-refractivity contribution is 5.38. The summed E-state index contributed by atoms with van der Waals surface area (Å²) in [5.41, 5.74) is 3.14. The van der Waals surface area contributed by atoms with Crippen molar-refractivity contribution < 1.29 is 0 Å². The molecule has 1 aliphatic rings. The van der Waals surface area contributed by atoms with Gasteiger partial charge in [-0.1, -0.05) is 0 Å². The fourth-order valence-corrected chi connectivity index (χ4v) is 1.76. The maximum Gasteiger partial charge on any atom is 0.143 e. The van der Waals surface area contributed by atoms with Crippen LogP contribution in [-0.2, 0) is 12.8 Å². The normalized spacial score (nSPS) is 14.9. The topological polar surface area (TPSA) is 36.7 Å². The lowest BCUT2D eigenvalue weighted by Gasteiger charge is -2.15. The monoisotopic (exact) mass is 158 g/mol. The molecule has 12 heavy (non-hydrogen) atoms. The first-order chi connectivity index (χ1) is 5.92. The summed E-state index contributed by atoms with van der Waals surface area (Å²) in [6.07, 6.45) is 6.34. The van der Waals surface area contributed by atoms with Gasteiger partial charge in [-0.05, 0) is 42.9 Å². The molecule has 2 rings (SSSR count). The molecule has 0 aliphatic heterocycles. The van der Waals surface area contributed by atoms with Crippen LogP contribution in [0.25, 0.3) is 0 Å². The first-order valence-electron chi connectivity index (χ1n) is 4.28. The van der Waals surface area contributed by atoms with Crippen molar-refractivity contribution in [1.29, 1.82) is 5.26 Å². The van der Waals surface area contributed by atoms with Crippen LogP contribution >= 0.6 is 0 Å². The Bertz CT molecular complexity index is 336. The molecule has 1 heterocycles. The lowest BCUT2D eigenvalue weighted by atomic mass is 9.91. The summed E-state index contributed by atoms with van der Waals surface area (Å²) >= 11 is 0. The first kappa shape index (κ1) is 7.30. The maximum atomic E-state index is 8.78. The molecule has 2 nitrogen and oxygen atoms in total. The maximum absolute atomic E-state index is 8.78. The number of fused-ring (bicyclic) bond motifs is 1. The summed E-state index contributed by atoms with van der Waals surface area (Å²) in [7, 11) is 0. The van der Waals surface area contributed by atoms with Crippen molar-refractivity contribution in [2.24, 2.45) is 0 Å². The van der Waals surface area contributed by atoms with E-state index < -0.39 is 0 Å². The highest BCUT2D eigenvalue weighted by Crippen LogP contribution is 2.22. The van der Waals surface area contributed by atoms with Crippen molar-refractivity contribution >= 4 is 0 Å². The van der Waals surface area contributed by atoms with E-state index in [0.717, 1.165) is 12.8 Å². The van der Waals surface area contributed by atoms with Gasteiger partial charge >= 0.3 is 0 Å². The standard InChI is InChI=1S/C10H10N2/c11-7-10-9-4-2-1-3-8(9)5-6-12-10/h5-6H,1-4H2. The third kappa shape index (κ3) is 1.08. The minimum atomic E-state index is 0.632. The molecule has 0 aromatic carbocycles. The van der Waals surface area contributed by atoms with Crippen molar-refractivity contribution in [3.63, 3.8) is 0 Å². The second-order valence-electron chi connectivity index (χ2n) is 3.12. The second-order valence-corrected chi connectivity index (χ2v) is 3.12. The summed E-state index contributed by atoms with van der Waals surface area (Å²) < 4.78 is 0. The Kier molecular flexibility index (Phi) is 1.79. The number of nitrogens with zero attached hydrogens (tertiary/aromatic N) is 2. The zero-order valence-electron chi connectivity index (χ0n) is 6.88. The van der Waals surface area contributed by atoms with Crippen LogP contribution < -0.4 is 0 Å². The lowest BCUT2D eigenvalue weighted by molar-refractivity contribution is 0.680. The van der Waals surface area contributed by atoms with Crippen LogP contribution in [0.15, 0.2) is 12.3 Å². The molecule has 0 saturated carbocycles. The molecule has 0 amide bonds. The zero-order chi connectivity index (χ0) is 8.39. The largest absolute Gasteiger partial charge is 0.245 e. The van der Waals surface area contributed by atoms with Gasteiger partial charge in [0, 0.05) is 6.20 Å². The van der Waals surface area contributed by atoms with Gasteiger partial charge in [0.15, 0.2) is 0 Å². The van der Waals surface area contributed by atoms with Crippen LogP contribution in [0.2, 0.25) is 0 Å². The number of hydrogen-bond donors (Lipinski definition) is 0. The van der Waals surface area contributed by atoms with Crippen molar-refractivity contribution in [3.05, 3.63) is 29.1 Å². The van der Waals surface area contributed by atoms with E-state index in [1.54, 1.807) is 6.20 Å². The SMILES string of the molecule is N#Cc1nccc2c1CCCC2. The molecule has 1 aromatic heterocycles. The fraction of sp³-hybridized carbons (Fsp3) is 0.400. The summed E-state index contributed by atoms with van der Waals surface area (Å²) in [5, 5.41) is 8.78. The molecule has 2 heteroatoms. The van der Waals surface area contributed by atoms with Crippen molar-refractivity contribution in [3.8, 4) is 6.07 Å². The molecular formula is C10H10N2. The number of hydrogen-bond acceptors (Lipinski definition) is 2. The van der Waals surface area contributed by atoms with E-state index in [4.69, 9.17) is 5.26 Å². The Balaban J connectivity index is 2.53. The number of aromatic nitrogens is 1. The van der Waals surface area contributed by atoms with Gasteiger partial charge in [-0.3, -0.25) is 0 Å². The van der Waals surface area contributed by atoms with Gasteiger partial charge in [0.05, 0.1) is 0 Å². The van der Waals surface area contributed by atoms with Gasteiger partial charge in [-0.25, -0.2) is 4.98 Å². The molecule has 0 radical (unpaired) electrons. The Morgan fingerprint density at radius 1 is 1.33 bits per heavy atom. The molecule has 0 atom stereocenters. The van der Waals surface area contributed by atoms with E-state index in [9.17, 15) is 0 Å². The van der Waals surface area contributed by atoms with Gasteiger partial charge in [-0.2, -0.15) is 5.26 Å². The summed E-state index contributed by atoms with van der Waals surface area (Å²) in [4.78, 5) is 4.05. The number of aryl methyl sites for hydroxylation is 1. The van der Waals surface area contributed by atoms with Crippen LogP contribution in [-0.4, -0.2) is 4.98 Å². The molecule has 0 saturated heterocycles. The van der Waals surface area contributed by atoms with Gasteiger partial charge in [0.1, 0.15) is 11.8 Å². The highest BCUT2D eigenvalue weighted by atomic mass is 14.7. The van der Waals surface area contributed by atoms with Crippen molar-refractivity contribution in [2.75, 3.05) is 0 Å². The zero-order valence-corrected chi connectivity index (χ0v) is 6.88. The van der Waals surface area contributed by atoms with Crippen LogP contribution in [0.5, 0.6) is 0 Å². The Labute approximate surface area is 71.9 Å². The summed E-state index contributed by atoms with van der Waals surface area (Å²) in [5.74, 6) is 0. The molecule has 1 aromatic rings. The molecule has 0 spiro atoms. The third-order valence-corrected chi connectivity index (χ3v) is 2.38. The number of rotatable bonds is 0. The van der Waals surface area contributed by atoms with Gasteiger partial charge < -0.3 is 0 Å². The smallest absolute Gasteiger partial charge is 0.143 e. The Hall–Kier alpha value is -1.36. The summed E-state index contributed by atoms with van der Waals surface area (Å²) in [6.45, 7) is 0. The van der Waals surface area contributed by atoms with Gasteiger partial charge in [-0.15, -0.1) is 0 Å². The third-order valence-electron chi connectivity index (χ3n) is 2.38. The van der Waals surface area contributed by atoms with Crippen molar-refractivity contribution in [1.82, 2.24) is 4.98 Å². The van der Waals surface area contributed by atoms with E-state index in [-0.39, 0.29) is 0 Å². The van der Waals surface area contributed by atoms with Crippen LogP contribution in [0.4, 0.5) is 0 Å². The average Bonchev–Trinajstić information content (AvgIpc) is 2.17. The Morgan fingerprint density at radius 3 is 3.00 bits per heavy atom. The van der Waals surface area contributed by atoms with Gasteiger partial charge in [0.2, 0.25) is 0 Å². The van der Waals surface area contributed by atoms with Gasteiger partial charge in [0.25, 0.3) is 0 Å².